The molecule has 4 unspecified atom stereocenters. The second-order valence-corrected chi connectivity index (χ2v) is 6.36. The van der Waals surface area contributed by atoms with Crippen LogP contribution in [0.2, 0.25) is 0 Å². The van der Waals surface area contributed by atoms with E-state index in [4.69, 9.17) is 4.42 Å². The van der Waals surface area contributed by atoms with Gasteiger partial charge >= 0.3 is 0 Å². The lowest BCUT2D eigenvalue weighted by molar-refractivity contribution is 0.0325. The Hall–Kier alpha value is -1.06. The van der Waals surface area contributed by atoms with E-state index < -0.39 is 5.60 Å². The van der Waals surface area contributed by atoms with Gasteiger partial charge in [0.2, 0.25) is 0 Å². The third-order valence-electron chi connectivity index (χ3n) is 4.56. The molecular weight excluding hydrogens is 238 g/mol. The SMILES string of the molecule is Cc1ccc(C(C)(O)CNCC2CC3C=CC2C3)o1. The minimum absolute atomic E-state index is 0.539. The molecule has 0 radical (unpaired) electrons. The molecule has 0 spiro atoms. The maximum Gasteiger partial charge on any atom is 0.136 e. The maximum atomic E-state index is 10.4. The van der Waals surface area contributed by atoms with Crippen molar-refractivity contribution in [2.75, 3.05) is 13.1 Å². The van der Waals surface area contributed by atoms with Gasteiger partial charge in [-0.25, -0.2) is 0 Å². The second kappa shape index (κ2) is 4.80. The fourth-order valence-electron chi connectivity index (χ4n) is 3.44. The van der Waals surface area contributed by atoms with E-state index in [0.717, 1.165) is 30.1 Å². The summed E-state index contributed by atoms with van der Waals surface area (Å²) in [7, 11) is 0. The van der Waals surface area contributed by atoms with E-state index in [0.29, 0.717) is 12.3 Å². The van der Waals surface area contributed by atoms with Crippen LogP contribution in [0.25, 0.3) is 0 Å². The third-order valence-corrected chi connectivity index (χ3v) is 4.56. The first-order valence-corrected chi connectivity index (χ1v) is 7.23. The van der Waals surface area contributed by atoms with E-state index >= 15 is 0 Å². The van der Waals surface area contributed by atoms with Crippen LogP contribution >= 0.6 is 0 Å². The number of furan rings is 1. The molecule has 2 aliphatic rings. The van der Waals surface area contributed by atoms with Crippen molar-refractivity contribution < 1.29 is 9.52 Å². The first-order chi connectivity index (χ1) is 9.04. The summed E-state index contributed by atoms with van der Waals surface area (Å²) in [5.74, 6) is 3.79. The number of aryl methyl sites for hydroxylation is 1. The molecule has 0 aromatic carbocycles. The van der Waals surface area contributed by atoms with E-state index in [1.165, 1.54) is 12.8 Å². The quantitative estimate of drug-likeness (QED) is 0.801. The highest BCUT2D eigenvalue weighted by Crippen LogP contribution is 2.43. The van der Waals surface area contributed by atoms with Crippen molar-refractivity contribution in [3.05, 3.63) is 35.8 Å². The molecule has 1 saturated carbocycles. The first kappa shape index (κ1) is 12.9. The van der Waals surface area contributed by atoms with Crippen molar-refractivity contribution in [2.45, 2.75) is 32.3 Å². The summed E-state index contributed by atoms with van der Waals surface area (Å²) >= 11 is 0. The van der Waals surface area contributed by atoms with Gasteiger partial charge in [0.1, 0.15) is 17.1 Å². The van der Waals surface area contributed by atoms with E-state index in [2.05, 4.69) is 17.5 Å². The number of hydrogen-bond acceptors (Lipinski definition) is 3. The molecule has 1 heterocycles. The molecule has 3 rings (SSSR count). The Balaban J connectivity index is 1.50. The molecule has 3 heteroatoms. The molecule has 0 saturated heterocycles. The molecule has 2 N–H and O–H groups in total. The lowest BCUT2D eigenvalue weighted by atomic mass is 9.93. The highest BCUT2D eigenvalue weighted by atomic mass is 16.4. The Labute approximate surface area is 114 Å². The number of rotatable bonds is 5. The Kier molecular flexibility index (Phi) is 3.27. The molecule has 3 nitrogen and oxygen atoms in total. The molecule has 19 heavy (non-hydrogen) atoms. The largest absolute Gasteiger partial charge is 0.463 e. The summed E-state index contributed by atoms with van der Waals surface area (Å²) in [6.45, 7) is 5.23. The highest BCUT2D eigenvalue weighted by molar-refractivity contribution is 5.13. The minimum Gasteiger partial charge on any atom is -0.463 e. The Morgan fingerprint density at radius 3 is 2.79 bits per heavy atom. The van der Waals surface area contributed by atoms with Crippen LogP contribution in [0.15, 0.2) is 28.7 Å². The average molecular weight is 261 g/mol. The monoisotopic (exact) mass is 261 g/mol. The van der Waals surface area contributed by atoms with Gasteiger partial charge in [-0.15, -0.1) is 0 Å². The zero-order valence-electron chi connectivity index (χ0n) is 11.7. The third kappa shape index (κ3) is 2.63. The molecule has 0 aliphatic heterocycles. The van der Waals surface area contributed by atoms with Crippen LogP contribution in [-0.4, -0.2) is 18.2 Å². The van der Waals surface area contributed by atoms with Gasteiger partial charge < -0.3 is 14.8 Å². The highest BCUT2D eigenvalue weighted by Gasteiger charge is 2.35. The van der Waals surface area contributed by atoms with Gasteiger partial charge in [0, 0.05) is 6.54 Å². The van der Waals surface area contributed by atoms with Crippen LogP contribution in [0, 0.1) is 24.7 Å². The maximum absolute atomic E-state index is 10.4. The van der Waals surface area contributed by atoms with Crippen LogP contribution in [0.5, 0.6) is 0 Å². The number of fused-ring (bicyclic) bond motifs is 2. The predicted molar refractivity (Wildman–Crippen MR) is 74.7 cm³/mol. The van der Waals surface area contributed by atoms with Gasteiger partial charge in [-0.2, -0.15) is 0 Å². The number of allylic oxidation sites excluding steroid dienone is 2. The van der Waals surface area contributed by atoms with Crippen molar-refractivity contribution in [2.24, 2.45) is 17.8 Å². The van der Waals surface area contributed by atoms with Crippen LogP contribution in [-0.2, 0) is 5.60 Å². The molecule has 2 aliphatic carbocycles. The summed E-state index contributed by atoms with van der Waals surface area (Å²) in [6.07, 6.45) is 7.37. The van der Waals surface area contributed by atoms with Crippen LogP contribution in [0.1, 0.15) is 31.3 Å². The van der Waals surface area contributed by atoms with Gasteiger partial charge in [-0.1, -0.05) is 12.2 Å². The molecule has 1 fully saturated rings. The fourth-order valence-corrected chi connectivity index (χ4v) is 3.44. The smallest absolute Gasteiger partial charge is 0.136 e. The van der Waals surface area contributed by atoms with Gasteiger partial charge in [0.05, 0.1) is 0 Å². The van der Waals surface area contributed by atoms with E-state index in [9.17, 15) is 5.11 Å². The lowest BCUT2D eigenvalue weighted by Crippen LogP contribution is -2.38. The van der Waals surface area contributed by atoms with Crippen LogP contribution in [0.4, 0.5) is 0 Å². The van der Waals surface area contributed by atoms with E-state index in [1.807, 2.05) is 19.1 Å². The summed E-state index contributed by atoms with van der Waals surface area (Å²) in [6, 6.07) is 3.75. The van der Waals surface area contributed by atoms with Crippen molar-refractivity contribution in [1.82, 2.24) is 5.32 Å². The van der Waals surface area contributed by atoms with Gasteiger partial charge in [0.25, 0.3) is 0 Å². The molecule has 2 bridgehead atoms. The first-order valence-electron chi connectivity index (χ1n) is 7.23. The molecule has 1 aromatic rings. The summed E-state index contributed by atoms with van der Waals surface area (Å²) in [5.41, 5.74) is -0.929. The van der Waals surface area contributed by atoms with Gasteiger partial charge in [0.15, 0.2) is 0 Å². The molecule has 0 amide bonds. The van der Waals surface area contributed by atoms with Gasteiger partial charge in [-0.3, -0.25) is 0 Å². The van der Waals surface area contributed by atoms with Crippen LogP contribution in [0.3, 0.4) is 0 Å². The van der Waals surface area contributed by atoms with Crippen molar-refractivity contribution in [3.63, 3.8) is 0 Å². The Morgan fingerprint density at radius 2 is 2.21 bits per heavy atom. The minimum atomic E-state index is -0.929. The topological polar surface area (TPSA) is 45.4 Å². The standard InChI is InChI=1S/C16H23NO2/c1-11-3-6-15(19-11)16(2,18)10-17-9-14-8-12-4-5-13(14)7-12/h3-6,12-14,17-18H,7-10H2,1-2H3. The Bertz CT molecular complexity index is 475. The number of nitrogens with one attached hydrogen (secondary N) is 1. The van der Waals surface area contributed by atoms with Crippen molar-refractivity contribution in [1.29, 1.82) is 0 Å². The second-order valence-electron chi connectivity index (χ2n) is 6.36. The fraction of sp³-hybridized carbons (Fsp3) is 0.625. The lowest BCUT2D eigenvalue weighted by Gasteiger charge is -2.24. The normalized spacial score (nSPS) is 31.8. The average Bonchev–Trinajstić information content (AvgIpc) is 3.04. The zero-order valence-corrected chi connectivity index (χ0v) is 11.7. The Morgan fingerprint density at radius 1 is 1.37 bits per heavy atom. The number of hydrogen-bond donors (Lipinski definition) is 2. The summed E-state index contributed by atoms with van der Waals surface area (Å²) in [5, 5.41) is 13.9. The van der Waals surface area contributed by atoms with Crippen LogP contribution < -0.4 is 5.32 Å². The zero-order chi connectivity index (χ0) is 13.5. The predicted octanol–water partition coefficient (Wildman–Crippen LogP) is 2.60. The van der Waals surface area contributed by atoms with Crippen molar-refractivity contribution in [3.8, 4) is 0 Å². The van der Waals surface area contributed by atoms with Crippen molar-refractivity contribution >= 4 is 0 Å². The molecule has 4 atom stereocenters. The summed E-state index contributed by atoms with van der Waals surface area (Å²) < 4.78 is 5.52. The van der Waals surface area contributed by atoms with Gasteiger partial charge in [-0.05, 0) is 63.1 Å². The molecule has 1 aromatic heterocycles. The van der Waals surface area contributed by atoms with E-state index in [-0.39, 0.29) is 0 Å². The van der Waals surface area contributed by atoms with E-state index in [1.54, 1.807) is 6.92 Å². The molecule has 104 valence electrons. The summed E-state index contributed by atoms with van der Waals surface area (Å²) in [4.78, 5) is 0. The number of aliphatic hydroxyl groups is 1. The molecular formula is C16H23NO2.